The van der Waals surface area contributed by atoms with Gasteiger partial charge in [-0.2, -0.15) is 0 Å². The highest BCUT2D eigenvalue weighted by Gasteiger charge is 2.31. The van der Waals surface area contributed by atoms with Crippen LogP contribution in [0, 0.1) is 18.8 Å². The summed E-state index contributed by atoms with van der Waals surface area (Å²) in [5.41, 5.74) is 9.11. The van der Waals surface area contributed by atoms with Crippen LogP contribution in [0.25, 0.3) is 0 Å². The molecular formula is C26H33N3O4. The first kappa shape index (κ1) is 24.4. The Labute approximate surface area is 195 Å². The number of ketones is 1. The molecular weight excluding hydrogens is 418 g/mol. The van der Waals surface area contributed by atoms with Crippen molar-refractivity contribution in [3.8, 4) is 0 Å². The van der Waals surface area contributed by atoms with Crippen LogP contribution < -0.4 is 11.1 Å². The van der Waals surface area contributed by atoms with Gasteiger partial charge in [-0.1, -0.05) is 18.2 Å². The third-order valence-electron chi connectivity index (χ3n) is 6.48. The number of benzene rings is 1. The lowest BCUT2D eigenvalue weighted by Gasteiger charge is -2.17. The SMILES string of the molecule is COC(=O)c1cccc(C[C@@H]2CC[C@@H](C(=O)N[C@@H](C)C(=O)CCc3ccc(N)nc3C)C2)c1. The lowest BCUT2D eigenvalue weighted by atomic mass is 9.95. The van der Waals surface area contributed by atoms with E-state index in [2.05, 4.69) is 10.3 Å². The van der Waals surface area contributed by atoms with Crippen molar-refractivity contribution in [3.63, 3.8) is 0 Å². The molecule has 1 aliphatic rings. The smallest absolute Gasteiger partial charge is 0.337 e. The van der Waals surface area contributed by atoms with Crippen molar-refractivity contribution in [2.45, 2.75) is 58.4 Å². The standard InChI is InChI=1S/C26H33N3O4/c1-16-20(10-12-24(27)28-16)9-11-23(30)17(2)29-25(31)21-8-7-19(14-21)13-18-5-4-6-22(15-18)26(32)33-3/h4-6,10,12,15,17,19,21H,7-9,11,13-14H2,1-3H3,(H2,27,28)(H,29,31)/t17-,19-,21+/m0/s1. The third kappa shape index (κ3) is 6.63. The Balaban J connectivity index is 1.46. The number of methoxy groups -OCH3 is 1. The number of ether oxygens (including phenoxy) is 1. The minimum Gasteiger partial charge on any atom is -0.465 e. The van der Waals surface area contributed by atoms with Gasteiger partial charge in [-0.05, 0) is 81.2 Å². The van der Waals surface area contributed by atoms with E-state index in [1.54, 1.807) is 19.1 Å². The molecule has 1 saturated carbocycles. The van der Waals surface area contributed by atoms with Crippen LogP contribution in [-0.4, -0.2) is 35.8 Å². The molecule has 0 unspecified atom stereocenters. The van der Waals surface area contributed by atoms with Gasteiger partial charge in [0.25, 0.3) is 0 Å². The highest BCUT2D eigenvalue weighted by Crippen LogP contribution is 2.33. The first-order valence-electron chi connectivity index (χ1n) is 11.5. The molecule has 176 valence electrons. The highest BCUT2D eigenvalue weighted by atomic mass is 16.5. The van der Waals surface area contributed by atoms with E-state index in [0.717, 1.165) is 42.5 Å². The Kier molecular flexibility index (Phi) is 8.20. The van der Waals surface area contributed by atoms with Crippen molar-refractivity contribution >= 4 is 23.5 Å². The topological polar surface area (TPSA) is 111 Å². The lowest BCUT2D eigenvalue weighted by Crippen LogP contribution is -2.41. The normalized spacial score (nSPS) is 18.5. The number of carbonyl (C=O) groups excluding carboxylic acids is 3. The Bertz CT molecular complexity index is 1020. The highest BCUT2D eigenvalue weighted by molar-refractivity contribution is 5.90. The van der Waals surface area contributed by atoms with Crippen molar-refractivity contribution < 1.29 is 19.1 Å². The predicted octanol–water partition coefficient (Wildman–Crippen LogP) is 3.42. The number of nitrogens with one attached hydrogen (secondary N) is 1. The summed E-state index contributed by atoms with van der Waals surface area (Å²) in [6, 6.07) is 10.6. The summed E-state index contributed by atoms with van der Waals surface area (Å²) in [6.07, 6.45) is 4.28. The number of rotatable bonds is 9. The average Bonchev–Trinajstić information content (AvgIpc) is 3.26. The molecule has 1 aromatic carbocycles. The number of Topliss-reactive ketones (excluding diaryl/α,β-unsaturated/α-hetero) is 1. The second kappa shape index (κ2) is 11.1. The number of nitrogens with two attached hydrogens (primary N) is 1. The molecule has 1 heterocycles. The molecule has 0 spiro atoms. The number of hydrogen-bond acceptors (Lipinski definition) is 6. The van der Waals surface area contributed by atoms with Gasteiger partial charge in [0.15, 0.2) is 5.78 Å². The average molecular weight is 452 g/mol. The Hall–Kier alpha value is -3.22. The molecule has 0 bridgehead atoms. The van der Waals surface area contributed by atoms with Gasteiger partial charge in [0.1, 0.15) is 5.82 Å². The van der Waals surface area contributed by atoms with E-state index in [-0.39, 0.29) is 23.6 Å². The lowest BCUT2D eigenvalue weighted by molar-refractivity contribution is -0.129. The summed E-state index contributed by atoms with van der Waals surface area (Å²) in [6.45, 7) is 3.63. The van der Waals surface area contributed by atoms with Crippen molar-refractivity contribution in [2.24, 2.45) is 11.8 Å². The van der Waals surface area contributed by atoms with Crippen LogP contribution in [0.2, 0.25) is 0 Å². The molecule has 1 aromatic heterocycles. The summed E-state index contributed by atoms with van der Waals surface area (Å²) < 4.78 is 4.79. The number of aryl methyl sites for hydroxylation is 2. The molecule has 1 fully saturated rings. The van der Waals surface area contributed by atoms with E-state index < -0.39 is 6.04 Å². The molecule has 3 rings (SSSR count). The molecule has 7 nitrogen and oxygen atoms in total. The molecule has 0 saturated heterocycles. The number of amides is 1. The number of aromatic nitrogens is 1. The van der Waals surface area contributed by atoms with Gasteiger partial charge in [0.05, 0.1) is 18.7 Å². The number of carbonyl (C=O) groups is 3. The maximum absolute atomic E-state index is 12.8. The van der Waals surface area contributed by atoms with Gasteiger partial charge in [-0.15, -0.1) is 0 Å². The quantitative estimate of drug-likeness (QED) is 0.565. The van der Waals surface area contributed by atoms with E-state index in [4.69, 9.17) is 10.5 Å². The number of anilines is 1. The number of hydrogen-bond donors (Lipinski definition) is 2. The first-order chi connectivity index (χ1) is 15.8. The fourth-order valence-electron chi connectivity index (χ4n) is 4.53. The zero-order chi connectivity index (χ0) is 24.0. The first-order valence-corrected chi connectivity index (χ1v) is 11.5. The summed E-state index contributed by atoms with van der Waals surface area (Å²) in [5, 5.41) is 2.91. The van der Waals surface area contributed by atoms with Crippen molar-refractivity contribution in [1.82, 2.24) is 10.3 Å². The molecule has 0 aliphatic heterocycles. The minimum atomic E-state index is -0.518. The Morgan fingerprint density at radius 2 is 2.00 bits per heavy atom. The van der Waals surface area contributed by atoms with Crippen LogP contribution in [0.1, 0.15) is 59.8 Å². The Morgan fingerprint density at radius 1 is 1.21 bits per heavy atom. The van der Waals surface area contributed by atoms with Crippen molar-refractivity contribution in [1.29, 1.82) is 0 Å². The van der Waals surface area contributed by atoms with Crippen LogP contribution in [0.5, 0.6) is 0 Å². The number of esters is 1. The van der Waals surface area contributed by atoms with E-state index >= 15 is 0 Å². The fourth-order valence-corrected chi connectivity index (χ4v) is 4.53. The third-order valence-corrected chi connectivity index (χ3v) is 6.48. The van der Waals surface area contributed by atoms with Crippen LogP contribution in [0.15, 0.2) is 36.4 Å². The fraction of sp³-hybridized carbons (Fsp3) is 0.462. The number of nitrogens with zero attached hydrogens (tertiary/aromatic N) is 1. The molecule has 0 radical (unpaired) electrons. The molecule has 1 aliphatic carbocycles. The van der Waals surface area contributed by atoms with Crippen molar-refractivity contribution in [2.75, 3.05) is 12.8 Å². The van der Waals surface area contributed by atoms with Gasteiger partial charge >= 0.3 is 5.97 Å². The second-order valence-corrected chi connectivity index (χ2v) is 8.95. The summed E-state index contributed by atoms with van der Waals surface area (Å²) >= 11 is 0. The second-order valence-electron chi connectivity index (χ2n) is 8.95. The molecule has 1 amide bonds. The molecule has 3 atom stereocenters. The zero-order valence-electron chi connectivity index (χ0n) is 19.6. The Morgan fingerprint density at radius 3 is 2.73 bits per heavy atom. The van der Waals surface area contributed by atoms with E-state index in [9.17, 15) is 14.4 Å². The summed E-state index contributed by atoms with van der Waals surface area (Å²) in [4.78, 5) is 41.3. The largest absolute Gasteiger partial charge is 0.465 e. The van der Waals surface area contributed by atoms with E-state index in [0.29, 0.717) is 30.1 Å². The minimum absolute atomic E-state index is 0.00810. The van der Waals surface area contributed by atoms with Gasteiger partial charge in [0.2, 0.25) is 5.91 Å². The number of pyridine rings is 1. The monoisotopic (exact) mass is 451 g/mol. The molecule has 3 N–H and O–H groups in total. The summed E-state index contributed by atoms with van der Waals surface area (Å²) in [5.74, 6) is 0.371. The van der Waals surface area contributed by atoms with Gasteiger partial charge < -0.3 is 15.8 Å². The van der Waals surface area contributed by atoms with Gasteiger partial charge in [-0.3, -0.25) is 9.59 Å². The van der Waals surface area contributed by atoms with Gasteiger partial charge in [0, 0.05) is 18.0 Å². The molecule has 2 aromatic rings. The van der Waals surface area contributed by atoms with Crippen LogP contribution in [0.3, 0.4) is 0 Å². The maximum Gasteiger partial charge on any atom is 0.337 e. The van der Waals surface area contributed by atoms with Crippen LogP contribution in [0.4, 0.5) is 5.82 Å². The van der Waals surface area contributed by atoms with E-state index in [1.165, 1.54) is 7.11 Å². The molecule has 33 heavy (non-hydrogen) atoms. The molecule has 7 heteroatoms. The summed E-state index contributed by atoms with van der Waals surface area (Å²) in [7, 11) is 1.37. The van der Waals surface area contributed by atoms with E-state index in [1.807, 2.05) is 31.2 Å². The van der Waals surface area contributed by atoms with Crippen LogP contribution in [-0.2, 0) is 27.2 Å². The maximum atomic E-state index is 12.8. The van der Waals surface area contributed by atoms with Crippen molar-refractivity contribution in [3.05, 3.63) is 58.8 Å². The van der Waals surface area contributed by atoms with Crippen LogP contribution >= 0.6 is 0 Å². The zero-order valence-corrected chi connectivity index (χ0v) is 19.6. The predicted molar refractivity (Wildman–Crippen MR) is 127 cm³/mol. The van der Waals surface area contributed by atoms with Gasteiger partial charge in [-0.25, -0.2) is 9.78 Å². The number of nitrogen functional groups attached to an aromatic ring is 1.